The van der Waals surface area contributed by atoms with Crippen LogP contribution in [0.5, 0.6) is 0 Å². The van der Waals surface area contributed by atoms with Crippen molar-refractivity contribution in [1.82, 2.24) is 4.98 Å². The fourth-order valence-electron chi connectivity index (χ4n) is 2.12. The fourth-order valence-corrected chi connectivity index (χ4v) is 2.12. The van der Waals surface area contributed by atoms with Gasteiger partial charge in [0.2, 0.25) is 0 Å². The first kappa shape index (κ1) is 13.1. The van der Waals surface area contributed by atoms with E-state index in [2.05, 4.69) is 4.98 Å². The van der Waals surface area contributed by atoms with Crippen LogP contribution in [0.3, 0.4) is 0 Å². The largest absolute Gasteiger partial charge is 0.478 e. The molecule has 5 heteroatoms. The Kier molecular flexibility index (Phi) is 3.55. The highest BCUT2D eigenvalue weighted by Gasteiger charge is 2.14. The number of carboxylic acid groups (broad SMARTS) is 1. The van der Waals surface area contributed by atoms with Crippen molar-refractivity contribution >= 4 is 28.4 Å². The highest BCUT2D eigenvalue weighted by atomic mass is 16.4. The quantitative estimate of drug-likeness (QED) is 0.824. The summed E-state index contributed by atoms with van der Waals surface area (Å²) in [6.07, 6.45) is 0. The van der Waals surface area contributed by atoms with Crippen LogP contribution >= 0.6 is 0 Å². The van der Waals surface area contributed by atoms with Crippen LogP contribution in [0.2, 0.25) is 0 Å². The molecule has 0 saturated heterocycles. The van der Waals surface area contributed by atoms with Crippen LogP contribution in [0.25, 0.3) is 10.9 Å². The number of carbonyl (C=O) groups is 1. The molecule has 5 nitrogen and oxygen atoms in total. The van der Waals surface area contributed by atoms with Crippen LogP contribution < -0.4 is 10.6 Å². The van der Waals surface area contributed by atoms with E-state index in [4.69, 9.17) is 5.73 Å². The van der Waals surface area contributed by atoms with Crippen molar-refractivity contribution in [2.45, 2.75) is 13.8 Å². The maximum atomic E-state index is 11.4. The lowest BCUT2D eigenvalue weighted by atomic mass is 10.1. The average molecular weight is 259 g/mol. The summed E-state index contributed by atoms with van der Waals surface area (Å²) < 4.78 is 0. The lowest BCUT2D eigenvalue weighted by Gasteiger charge is -2.20. The van der Waals surface area contributed by atoms with Crippen LogP contribution in [0, 0.1) is 0 Å². The SMILES string of the molecule is CCN(CC)c1cc(C(=O)O)c2cc(N)ccc2n1. The third-order valence-corrected chi connectivity index (χ3v) is 3.14. The van der Waals surface area contributed by atoms with E-state index >= 15 is 0 Å². The number of carboxylic acids is 1. The number of aromatic carboxylic acids is 1. The highest BCUT2D eigenvalue weighted by molar-refractivity contribution is 6.04. The molecule has 1 aromatic heterocycles. The molecular formula is C14H17N3O2. The molecule has 1 heterocycles. The predicted molar refractivity (Wildman–Crippen MR) is 76.7 cm³/mol. The minimum Gasteiger partial charge on any atom is -0.478 e. The Morgan fingerprint density at radius 1 is 1.32 bits per heavy atom. The van der Waals surface area contributed by atoms with Gasteiger partial charge < -0.3 is 15.7 Å². The number of pyridine rings is 1. The van der Waals surface area contributed by atoms with E-state index in [-0.39, 0.29) is 5.56 Å². The number of hydrogen-bond acceptors (Lipinski definition) is 4. The normalized spacial score (nSPS) is 10.6. The van der Waals surface area contributed by atoms with Gasteiger partial charge in [0, 0.05) is 24.2 Å². The third-order valence-electron chi connectivity index (χ3n) is 3.14. The molecule has 2 aromatic rings. The van der Waals surface area contributed by atoms with Gasteiger partial charge in [-0.3, -0.25) is 0 Å². The molecular weight excluding hydrogens is 242 g/mol. The van der Waals surface area contributed by atoms with Crippen LogP contribution in [-0.4, -0.2) is 29.1 Å². The van der Waals surface area contributed by atoms with E-state index in [0.29, 0.717) is 22.4 Å². The Hall–Kier alpha value is -2.30. The lowest BCUT2D eigenvalue weighted by Crippen LogP contribution is -2.23. The molecule has 1 aromatic carbocycles. The number of hydrogen-bond donors (Lipinski definition) is 2. The molecule has 0 unspecified atom stereocenters. The van der Waals surface area contributed by atoms with Gasteiger partial charge in [-0.25, -0.2) is 9.78 Å². The number of aromatic nitrogens is 1. The highest BCUT2D eigenvalue weighted by Crippen LogP contribution is 2.25. The maximum Gasteiger partial charge on any atom is 0.336 e. The molecule has 0 radical (unpaired) electrons. The van der Waals surface area contributed by atoms with Crippen molar-refractivity contribution < 1.29 is 9.90 Å². The smallest absolute Gasteiger partial charge is 0.336 e. The van der Waals surface area contributed by atoms with E-state index in [9.17, 15) is 9.90 Å². The first-order valence-electron chi connectivity index (χ1n) is 6.25. The molecule has 3 N–H and O–H groups in total. The second kappa shape index (κ2) is 5.14. The van der Waals surface area contributed by atoms with Gasteiger partial charge in [0.15, 0.2) is 0 Å². The third kappa shape index (κ3) is 2.45. The summed E-state index contributed by atoms with van der Waals surface area (Å²) in [5.74, 6) is -0.286. The van der Waals surface area contributed by atoms with Crippen molar-refractivity contribution in [2.24, 2.45) is 0 Å². The summed E-state index contributed by atoms with van der Waals surface area (Å²) in [6.45, 7) is 5.59. The van der Waals surface area contributed by atoms with Gasteiger partial charge in [-0.15, -0.1) is 0 Å². The lowest BCUT2D eigenvalue weighted by molar-refractivity contribution is 0.0699. The van der Waals surface area contributed by atoms with Gasteiger partial charge in [-0.2, -0.15) is 0 Å². The van der Waals surface area contributed by atoms with Crippen LogP contribution in [0.4, 0.5) is 11.5 Å². The summed E-state index contributed by atoms with van der Waals surface area (Å²) in [4.78, 5) is 17.9. The number of nitrogens with zero attached hydrogens (tertiary/aromatic N) is 2. The zero-order valence-electron chi connectivity index (χ0n) is 11.1. The first-order chi connectivity index (χ1) is 9.06. The molecule has 2 rings (SSSR count). The van der Waals surface area contributed by atoms with Gasteiger partial charge in [-0.05, 0) is 38.1 Å². The number of nitrogens with two attached hydrogens (primary N) is 1. The summed E-state index contributed by atoms with van der Waals surface area (Å²) in [5, 5.41) is 9.91. The van der Waals surface area contributed by atoms with Gasteiger partial charge in [-0.1, -0.05) is 0 Å². The van der Waals surface area contributed by atoms with Crippen molar-refractivity contribution in [3.05, 3.63) is 29.8 Å². The molecule has 0 spiro atoms. The zero-order valence-corrected chi connectivity index (χ0v) is 11.1. The Morgan fingerprint density at radius 3 is 2.58 bits per heavy atom. The number of rotatable bonds is 4. The van der Waals surface area contributed by atoms with Crippen LogP contribution in [0.1, 0.15) is 24.2 Å². The number of anilines is 2. The van der Waals surface area contributed by atoms with Gasteiger partial charge in [0.25, 0.3) is 0 Å². The monoisotopic (exact) mass is 259 g/mol. The number of benzene rings is 1. The average Bonchev–Trinajstić information content (AvgIpc) is 2.39. The van der Waals surface area contributed by atoms with Crippen molar-refractivity contribution in [3.63, 3.8) is 0 Å². The summed E-state index contributed by atoms with van der Waals surface area (Å²) in [6, 6.07) is 6.74. The molecule has 19 heavy (non-hydrogen) atoms. The van der Waals surface area contributed by atoms with Crippen LogP contribution in [0.15, 0.2) is 24.3 Å². The Morgan fingerprint density at radius 2 is 2.00 bits per heavy atom. The molecule has 0 atom stereocenters. The molecule has 0 amide bonds. The Bertz CT molecular complexity index is 621. The van der Waals surface area contributed by atoms with E-state index in [0.717, 1.165) is 13.1 Å². The van der Waals surface area contributed by atoms with E-state index in [1.54, 1.807) is 24.3 Å². The minimum absolute atomic E-state index is 0.235. The van der Waals surface area contributed by atoms with Crippen molar-refractivity contribution in [1.29, 1.82) is 0 Å². The second-order valence-electron chi connectivity index (χ2n) is 4.28. The Labute approximate surface area is 111 Å². The maximum absolute atomic E-state index is 11.4. The molecule has 100 valence electrons. The summed E-state index contributed by atoms with van der Waals surface area (Å²) in [5.41, 5.74) is 7.13. The van der Waals surface area contributed by atoms with E-state index in [1.165, 1.54) is 0 Å². The predicted octanol–water partition coefficient (Wildman–Crippen LogP) is 2.36. The number of nitrogen functional groups attached to an aromatic ring is 1. The van der Waals surface area contributed by atoms with Gasteiger partial charge >= 0.3 is 5.97 Å². The topological polar surface area (TPSA) is 79.5 Å². The summed E-state index contributed by atoms with van der Waals surface area (Å²) >= 11 is 0. The molecule has 0 saturated carbocycles. The standard InChI is InChI=1S/C14H17N3O2/c1-3-17(4-2)13-8-11(14(18)19)10-7-9(15)5-6-12(10)16-13/h5-8H,3-4,15H2,1-2H3,(H,18,19). The van der Waals surface area contributed by atoms with Crippen molar-refractivity contribution in [2.75, 3.05) is 23.7 Å². The fraction of sp³-hybridized carbons (Fsp3) is 0.286. The van der Waals surface area contributed by atoms with Gasteiger partial charge in [0.1, 0.15) is 5.82 Å². The molecule has 0 aliphatic carbocycles. The zero-order chi connectivity index (χ0) is 14.0. The van der Waals surface area contributed by atoms with Gasteiger partial charge in [0.05, 0.1) is 11.1 Å². The van der Waals surface area contributed by atoms with E-state index in [1.807, 2.05) is 18.7 Å². The molecule has 0 aliphatic heterocycles. The number of fused-ring (bicyclic) bond motifs is 1. The van der Waals surface area contributed by atoms with E-state index < -0.39 is 5.97 Å². The summed E-state index contributed by atoms with van der Waals surface area (Å²) in [7, 11) is 0. The minimum atomic E-state index is -0.966. The molecule has 0 bridgehead atoms. The molecule has 0 aliphatic rings. The van der Waals surface area contributed by atoms with Crippen LogP contribution in [-0.2, 0) is 0 Å². The molecule has 0 fully saturated rings. The van der Waals surface area contributed by atoms with Crippen molar-refractivity contribution in [3.8, 4) is 0 Å². The second-order valence-corrected chi connectivity index (χ2v) is 4.28. The Balaban J connectivity index is 2.71. The first-order valence-corrected chi connectivity index (χ1v) is 6.25.